The molecule has 0 aromatic heterocycles. The minimum absolute atomic E-state index is 0.281. The molecule has 16 heavy (non-hydrogen) atoms. The second kappa shape index (κ2) is 9.89. The Labute approximate surface area is 102 Å². The molecule has 0 amide bonds. The first-order chi connectivity index (χ1) is 7.24. The lowest BCUT2D eigenvalue weighted by Crippen LogP contribution is -2.36. The van der Waals surface area contributed by atoms with Crippen LogP contribution >= 0.6 is 11.8 Å². The first kappa shape index (κ1) is 18.1. The number of hydrogen-bond acceptors (Lipinski definition) is 4. The molecule has 0 bridgehead atoms. The Morgan fingerprint density at radius 2 is 1.94 bits per heavy atom. The van der Waals surface area contributed by atoms with Crippen molar-refractivity contribution in [2.45, 2.75) is 12.5 Å². The van der Waals surface area contributed by atoms with Crippen molar-refractivity contribution < 1.29 is 19.5 Å². The number of carboxylic acids is 1. The van der Waals surface area contributed by atoms with E-state index in [1.165, 1.54) is 0 Å². The van der Waals surface area contributed by atoms with Crippen molar-refractivity contribution in [3.05, 3.63) is 0 Å². The second-order valence-electron chi connectivity index (χ2n) is 4.46. The minimum Gasteiger partial charge on any atom is -0.480 e. The molecule has 0 aliphatic heterocycles. The van der Waals surface area contributed by atoms with Gasteiger partial charge in [-0.25, -0.2) is 0 Å². The van der Waals surface area contributed by atoms with Crippen molar-refractivity contribution in [3.63, 3.8) is 0 Å². The summed E-state index contributed by atoms with van der Waals surface area (Å²) in [7, 11) is 6.16. The van der Waals surface area contributed by atoms with Crippen LogP contribution in [-0.4, -0.2) is 73.0 Å². The van der Waals surface area contributed by atoms with Crippen molar-refractivity contribution in [2.24, 2.45) is 5.73 Å². The summed E-state index contributed by atoms with van der Waals surface area (Å²) in [5.74, 6) is -0.1000. The number of aliphatic hydroxyl groups is 1. The van der Waals surface area contributed by atoms with Crippen LogP contribution in [0.3, 0.4) is 0 Å². The van der Waals surface area contributed by atoms with Crippen molar-refractivity contribution >= 4 is 17.7 Å². The Hall–Kier alpha value is -0.300. The van der Waals surface area contributed by atoms with Gasteiger partial charge in [0.25, 0.3) is 0 Å². The van der Waals surface area contributed by atoms with Crippen LogP contribution < -0.4 is 5.73 Å². The van der Waals surface area contributed by atoms with E-state index >= 15 is 0 Å². The maximum absolute atomic E-state index is 10.1. The van der Waals surface area contributed by atoms with Gasteiger partial charge in [-0.2, -0.15) is 11.8 Å². The average Bonchev–Trinajstić information content (AvgIpc) is 2.13. The lowest BCUT2D eigenvalue weighted by atomic mass is 10.2. The van der Waals surface area contributed by atoms with Gasteiger partial charge in [0.1, 0.15) is 12.6 Å². The van der Waals surface area contributed by atoms with Gasteiger partial charge in [-0.05, 0) is 18.4 Å². The highest BCUT2D eigenvalue weighted by Crippen LogP contribution is 1.97. The molecule has 0 fully saturated rings. The van der Waals surface area contributed by atoms with E-state index in [-0.39, 0.29) is 6.61 Å². The Morgan fingerprint density at radius 3 is 2.12 bits per heavy atom. The van der Waals surface area contributed by atoms with Gasteiger partial charge in [0, 0.05) is 0 Å². The van der Waals surface area contributed by atoms with E-state index in [0.717, 1.165) is 16.8 Å². The summed E-state index contributed by atoms with van der Waals surface area (Å²) < 4.78 is 0.844. The third kappa shape index (κ3) is 16.1. The predicted octanol–water partition coefficient (Wildman–Crippen LogP) is -0.164. The number of nitrogens with two attached hydrogens (primary N) is 1. The molecule has 5 nitrogen and oxygen atoms in total. The number of nitrogens with zero attached hydrogens (tertiary/aromatic N) is 1. The largest absolute Gasteiger partial charge is 0.480 e. The monoisotopic (exact) mass is 253 g/mol. The molecule has 0 saturated carbocycles. The number of aliphatic carboxylic acids is 1. The fourth-order valence-electron chi connectivity index (χ4n) is 0.668. The number of carboxylic acid groups (broad SMARTS) is 1. The highest BCUT2D eigenvalue weighted by Gasteiger charge is 2.08. The standard InChI is InChI=1S/C5H11NO2S.C5H14NO/c1-9-3-2-4(6)5(7)8;1-6(2,3)4-5-7/h4H,2-3,6H2,1H3,(H,7,8);7H,4-5H2,1-3H3/q;+1/t4-;/m0./s1. The quantitative estimate of drug-likeness (QED) is 0.573. The molecule has 4 N–H and O–H groups in total. The molecule has 0 aliphatic rings. The van der Waals surface area contributed by atoms with Gasteiger partial charge in [0.05, 0.1) is 27.7 Å². The van der Waals surface area contributed by atoms with E-state index in [1.54, 1.807) is 11.8 Å². The molecule has 0 unspecified atom stereocenters. The maximum Gasteiger partial charge on any atom is 0.320 e. The van der Waals surface area contributed by atoms with Crippen LogP contribution in [0.4, 0.5) is 0 Å². The van der Waals surface area contributed by atoms with Crippen LogP contribution in [0.5, 0.6) is 0 Å². The zero-order valence-corrected chi connectivity index (χ0v) is 11.5. The Balaban J connectivity index is 0. The van der Waals surface area contributed by atoms with E-state index < -0.39 is 12.0 Å². The van der Waals surface area contributed by atoms with E-state index in [1.807, 2.05) is 6.26 Å². The predicted molar refractivity (Wildman–Crippen MR) is 68.6 cm³/mol. The summed E-state index contributed by atoms with van der Waals surface area (Å²) >= 11 is 1.60. The lowest BCUT2D eigenvalue weighted by molar-refractivity contribution is -0.870. The molecule has 98 valence electrons. The van der Waals surface area contributed by atoms with Crippen LogP contribution in [0, 0.1) is 0 Å². The van der Waals surface area contributed by atoms with Crippen molar-refractivity contribution in [2.75, 3.05) is 46.3 Å². The molecule has 0 radical (unpaired) electrons. The molecule has 0 aliphatic carbocycles. The molecule has 0 aromatic carbocycles. The molecule has 0 heterocycles. The second-order valence-corrected chi connectivity index (χ2v) is 5.45. The zero-order chi connectivity index (χ0) is 13.2. The Kier molecular flexibility index (Phi) is 11.2. The van der Waals surface area contributed by atoms with Crippen molar-refractivity contribution in [3.8, 4) is 0 Å². The summed E-state index contributed by atoms with van der Waals surface area (Å²) in [6, 6.07) is -0.683. The first-order valence-electron chi connectivity index (χ1n) is 5.13. The summed E-state index contributed by atoms with van der Waals surface area (Å²) in [5.41, 5.74) is 5.19. The van der Waals surface area contributed by atoms with Gasteiger partial charge < -0.3 is 20.4 Å². The molecule has 0 saturated heterocycles. The number of carbonyl (C=O) groups is 1. The fraction of sp³-hybridized carbons (Fsp3) is 0.900. The van der Waals surface area contributed by atoms with Crippen molar-refractivity contribution in [1.29, 1.82) is 0 Å². The van der Waals surface area contributed by atoms with Crippen LogP contribution in [0.25, 0.3) is 0 Å². The van der Waals surface area contributed by atoms with Gasteiger partial charge in [-0.1, -0.05) is 0 Å². The number of aliphatic hydroxyl groups excluding tert-OH is 1. The molecule has 0 spiro atoms. The van der Waals surface area contributed by atoms with Gasteiger partial charge in [0.15, 0.2) is 0 Å². The lowest BCUT2D eigenvalue weighted by Gasteiger charge is -2.21. The summed E-state index contributed by atoms with van der Waals surface area (Å²) in [4.78, 5) is 10.1. The van der Waals surface area contributed by atoms with Gasteiger partial charge in [-0.3, -0.25) is 4.79 Å². The Morgan fingerprint density at radius 1 is 1.44 bits per heavy atom. The number of rotatable bonds is 6. The number of thioether (sulfide) groups is 1. The van der Waals surface area contributed by atoms with E-state index in [0.29, 0.717) is 6.42 Å². The van der Waals surface area contributed by atoms with Crippen molar-refractivity contribution in [1.82, 2.24) is 0 Å². The van der Waals surface area contributed by atoms with Crippen LogP contribution in [0.2, 0.25) is 0 Å². The maximum atomic E-state index is 10.1. The minimum atomic E-state index is -0.913. The van der Waals surface area contributed by atoms with Crippen LogP contribution in [0.1, 0.15) is 6.42 Å². The molecule has 0 rings (SSSR count). The molecular weight excluding hydrogens is 228 g/mol. The van der Waals surface area contributed by atoms with Gasteiger partial charge in [0.2, 0.25) is 0 Å². The molecular formula is C10H25N2O3S+. The molecule has 0 aromatic rings. The number of likely N-dealkylation sites (N-methyl/N-ethyl adjacent to an activating group) is 1. The normalized spacial score (nSPS) is 12.6. The molecule has 6 heteroatoms. The van der Waals surface area contributed by atoms with Gasteiger partial charge in [-0.15, -0.1) is 0 Å². The SMILES string of the molecule is CSCC[C@H](N)C(=O)O.C[N+](C)(C)CCO. The third-order valence-corrected chi connectivity index (χ3v) is 2.36. The zero-order valence-electron chi connectivity index (χ0n) is 10.6. The summed E-state index contributed by atoms with van der Waals surface area (Å²) in [6.45, 7) is 1.11. The van der Waals surface area contributed by atoms with E-state index in [2.05, 4.69) is 21.1 Å². The Bertz CT molecular complexity index is 183. The van der Waals surface area contributed by atoms with Gasteiger partial charge >= 0.3 is 5.97 Å². The van der Waals surface area contributed by atoms with E-state index in [4.69, 9.17) is 15.9 Å². The summed E-state index contributed by atoms with van der Waals surface area (Å²) in [5, 5.41) is 16.7. The summed E-state index contributed by atoms with van der Waals surface area (Å²) in [6.07, 6.45) is 2.48. The number of quaternary nitrogens is 1. The van der Waals surface area contributed by atoms with Crippen LogP contribution in [-0.2, 0) is 4.79 Å². The average molecular weight is 253 g/mol. The highest BCUT2D eigenvalue weighted by atomic mass is 32.2. The third-order valence-electron chi connectivity index (χ3n) is 1.72. The molecule has 1 atom stereocenters. The highest BCUT2D eigenvalue weighted by molar-refractivity contribution is 7.98. The van der Waals surface area contributed by atoms with Crippen LogP contribution in [0.15, 0.2) is 0 Å². The topological polar surface area (TPSA) is 83.6 Å². The fourth-order valence-corrected chi connectivity index (χ4v) is 1.16. The smallest absolute Gasteiger partial charge is 0.320 e. The first-order valence-corrected chi connectivity index (χ1v) is 6.52. The van der Waals surface area contributed by atoms with E-state index in [9.17, 15) is 4.79 Å². The number of hydrogen-bond donors (Lipinski definition) is 3.